The summed E-state index contributed by atoms with van der Waals surface area (Å²) in [5.74, 6) is 0.886. The first-order valence-corrected chi connectivity index (χ1v) is 5.49. The van der Waals surface area contributed by atoms with Crippen LogP contribution in [0.3, 0.4) is 0 Å². The number of aryl methyl sites for hydroxylation is 1. The smallest absolute Gasteiger partial charge is 0.315 e. The largest absolute Gasteiger partial charge is 0.347 e. The van der Waals surface area contributed by atoms with Gasteiger partial charge in [-0.25, -0.2) is 9.78 Å². The van der Waals surface area contributed by atoms with Gasteiger partial charge in [-0.1, -0.05) is 0 Å². The van der Waals surface area contributed by atoms with E-state index in [1.807, 2.05) is 13.1 Å². The van der Waals surface area contributed by atoms with Crippen LogP contribution < -0.4 is 11.0 Å². The topological polar surface area (TPSA) is 46.9 Å². The first-order chi connectivity index (χ1) is 7.25. The Kier molecular flexibility index (Phi) is 3.16. The fourth-order valence-corrected chi connectivity index (χ4v) is 1.55. The van der Waals surface area contributed by atoms with Gasteiger partial charge in [-0.3, -0.25) is 4.57 Å². The van der Waals surface area contributed by atoms with Gasteiger partial charge >= 0.3 is 5.69 Å². The van der Waals surface area contributed by atoms with E-state index in [0.717, 1.165) is 24.6 Å². The van der Waals surface area contributed by atoms with Crippen LogP contribution in [0.15, 0.2) is 17.2 Å². The van der Waals surface area contributed by atoms with Crippen molar-refractivity contribution >= 4 is 0 Å². The Morgan fingerprint density at radius 1 is 1.60 bits per heavy atom. The molecule has 4 heteroatoms. The predicted octanol–water partition coefficient (Wildman–Crippen LogP) is 0.551. The van der Waals surface area contributed by atoms with Gasteiger partial charge in [0.25, 0.3) is 0 Å². The molecule has 82 valence electrons. The maximum atomic E-state index is 11.3. The van der Waals surface area contributed by atoms with Crippen molar-refractivity contribution in [2.75, 3.05) is 13.1 Å². The zero-order valence-corrected chi connectivity index (χ0v) is 9.07. The molecule has 0 radical (unpaired) electrons. The molecular formula is C11H17N3O. The highest BCUT2D eigenvalue weighted by Gasteiger charge is 2.19. The molecule has 0 aromatic carbocycles. The van der Waals surface area contributed by atoms with Gasteiger partial charge in [0.1, 0.15) is 0 Å². The molecule has 15 heavy (non-hydrogen) atoms. The molecule has 0 unspecified atom stereocenters. The molecule has 1 heterocycles. The zero-order chi connectivity index (χ0) is 10.7. The Balaban J connectivity index is 1.81. The Bertz CT molecular complexity index is 382. The fourth-order valence-electron chi connectivity index (χ4n) is 1.55. The molecule has 1 fully saturated rings. The molecule has 0 bridgehead atoms. The summed E-state index contributed by atoms with van der Waals surface area (Å²) in [6.07, 6.45) is 6.18. The van der Waals surface area contributed by atoms with Crippen molar-refractivity contribution in [1.29, 1.82) is 0 Å². The average Bonchev–Trinajstić information content (AvgIpc) is 3.01. The molecule has 1 saturated carbocycles. The fraction of sp³-hybridized carbons (Fsp3) is 0.636. The van der Waals surface area contributed by atoms with Crippen molar-refractivity contribution in [2.24, 2.45) is 5.92 Å². The molecule has 1 N–H and O–H groups in total. The number of aromatic nitrogens is 2. The molecule has 1 aliphatic rings. The maximum absolute atomic E-state index is 11.3. The van der Waals surface area contributed by atoms with Gasteiger partial charge < -0.3 is 5.32 Å². The molecule has 1 aromatic rings. The van der Waals surface area contributed by atoms with Crippen LogP contribution in [-0.2, 0) is 6.54 Å². The Morgan fingerprint density at radius 3 is 3.13 bits per heavy atom. The van der Waals surface area contributed by atoms with E-state index in [2.05, 4.69) is 10.3 Å². The first-order valence-electron chi connectivity index (χ1n) is 5.49. The Labute approximate surface area is 89.3 Å². The van der Waals surface area contributed by atoms with Crippen molar-refractivity contribution in [3.05, 3.63) is 28.4 Å². The van der Waals surface area contributed by atoms with E-state index in [1.165, 1.54) is 12.8 Å². The molecule has 4 nitrogen and oxygen atoms in total. The number of hydrogen-bond donors (Lipinski definition) is 1. The minimum Gasteiger partial charge on any atom is -0.315 e. The van der Waals surface area contributed by atoms with Gasteiger partial charge in [0.2, 0.25) is 0 Å². The number of rotatable bonds is 5. The molecule has 0 aliphatic heterocycles. The Hall–Kier alpha value is -1.16. The molecule has 0 saturated heterocycles. The van der Waals surface area contributed by atoms with Crippen LogP contribution in [-0.4, -0.2) is 22.6 Å². The summed E-state index contributed by atoms with van der Waals surface area (Å²) in [5, 5.41) is 3.35. The normalized spacial score (nSPS) is 15.5. The van der Waals surface area contributed by atoms with E-state index in [1.54, 1.807) is 10.8 Å². The second-order valence-electron chi connectivity index (χ2n) is 4.25. The molecule has 0 spiro atoms. The van der Waals surface area contributed by atoms with Crippen LogP contribution in [0.5, 0.6) is 0 Å². The monoisotopic (exact) mass is 207 g/mol. The number of nitrogens with zero attached hydrogens (tertiary/aromatic N) is 2. The van der Waals surface area contributed by atoms with Crippen molar-refractivity contribution < 1.29 is 0 Å². The predicted molar refractivity (Wildman–Crippen MR) is 58.8 cm³/mol. The zero-order valence-electron chi connectivity index (χ0n) is 9.07. The third kappa shape index (κ3) is 3.16. The third-order valence-corrected chi connectivity index (χ3v) is 2.64. The molecular weight excluding hydrogens is 190 g/mol. The second-order valence-corrected chi connectivity index (χ2v) is 4.25. The van der Waals surface area contributed by atoms with Crippen molar-refractivity contribution in [3.63, 3.8) is 0 Å². The van der Waals surface area contributed by atoms with Gasteiger partial charge in [0, 0.05) is 25.5 Å². The second kappa shape index (κ2) is 4.57. The summed E-state index contributed by atoms with van der Waals surface area (Å²) in [6.45, 7) is 4.59. The lowest BCUT2D eigenvalue weighted by molar-refractivity contribution is 0.558. The molecule has 0 amide bonds. The van der Waals surface area contributed by atoms with Crippen LogP contribution in [0, 0.1) is 12.8 Å². The summed E-state index contributed by atoms with van der Waals surface area (Å²) >= 11 is 0. The lowest BCUT2D eigenvalue weighted by atomic mass is 10.4. The highest BCUT2D eigenvalue weighted by molar-refractivity contribution is 4.99. The third-order valence-electron chi connectivity index (χ3n) is 2.64. The van der Waals surface area contributed by atoms with Crippen molar-refractivity contribution in [2.45, 2.75) is 26.3 Å². The summed E-state index contributed by atoms with van der Waals surface area (Å²) in [4.78, 5) is 15.1. The average molecular weight is 207 g/mol. The van der Waals surface area contributed by atoms with Crippen LogP contribution in [0.1, 0.15) is 18.4 Å². The van der Waals surface area contributed by atoms with E-state index >= 15 is 0 Å². The van der Waals surface area contributed by atoms with Gasteiger partial charge in [-0.15, -0.1) is 0 Å². The number of nitrogens with one attached hydrogen (secondary N) is 1. The minimum absolute atomic E-state index is 0.158. The summed E-state index contributed by atoms with van der Waals surface area (Å²) in [5.41, 5.74) is 0.866. The maximum Gasteiger partial charge on any atom is 0.347 e. The van der Waals surface area contributed by atoms with Gasteiger partial charge in [0.05, 0.1) is 0 Å². The summed E-state index contributed by atoms with van der Waals surface area (Å²) in [6, 6.07) is 0. The van der Waals surface area contributed by atoms with Crippen LogP contribution >= 0.6 is 0 Å². The quantitative estimate of drug-likeness (QED) is 0.717. The van der Waals surface area contributed by atoms with Crippen molar-refractivity contribution in [3.8, 4) is 0 Å². The SMILES string of the molecule is Cc1cnc(=O)n(CCNCC2CC2)c1. The van der Waals surface area contributed by atoms with Gasteiger partial charge in [-0.2, -0.15) is 0 Å². The lowest BCUT2D eigenvalue weighted by Gasteiger charge is -2.06. The van der Waals surface area contributed by atoms with Gasteiger partial charge in [0.15, 0.2) is 0 Å². The van der Waals surface area contributed by atoms with Crippen molar-refractivity contribution in [1.82, 2.24) is 14.9 Å². The molecule has 1 aliphatic carbocycles. The molecule has 0 atom stereocenters. The highest BCUT2D eigenvalue weighted by atomic mass is 16.1. The first kappa shape index (κ1) is 10.4. The molecule has 1 aromatic heterocycles. The standard InChI is InChI=1S/C11H17N3O/c1-9-6-13-11(15)14(8-9)5-4-12-7-10-2-3-10/h6,8,10,12H,2-5,7H2,1H3. The number of hydrogen-bond acceptors (Lipinski definition) is 3. The van der Waals surface area contributed by atoms with Crippen LogP contribution in [0.25, 0.3) is 0 Å². The molecule has 2 rings (SSSR count). The van der Waals surface area contributed by atoms with Crippen LogP contribution in [0.2, 0.25) is 0 Å². The summed E-state index contributed by atoms with van der Waals surface area (Å²) < 4.78 is 1.66. The van der Waals surface area contributed by atoms with E-state index < -0.39 is 0 Å². The van der Waals surface area contributed by atoms with E-state index in [9.17, 15) is 4.79 Å². The van der Waals surface area contributed by atoms with E-state index in [-0.39, 0.29) is 5.69 Å². The highest BCUT2D eigenvalue weighted by Crippen LogP contribution is 2.27. The minimum atomic E-state index is -0.158. The van der Waals surface area contributed by atoms with Crippen LogP contribution in [0.4, 0.5) is 0 Å². The van der Waals surface area contributed by atoms with Gasteiger partial charge in [-0.05, 0) is 37.8 Å². The Morgan fingerprint density at radius 2 is 2.40 bits per heavy atom. The van der Waals surface area contributed by atoms with E-state index in [0.29, 0.717) is 6.54 Å². The lowest BCUT2D eigenvalue weighted by Crippen LogP contribution is -2.29. The summed E-state index contributed by atoms with van der Waals surface area (Å²) in [7, 11) is 0. The van der Waals surface area contributed by atoms with E-state index in [4.69, 9.17) is 0 Å².